The zero-order chi connectivity index (χ0) is 13.8. The first-order valence-corrected chi connectivity index (χ1v) is 6.27. The van der Waals surface area contributed by atoms with E-state index in [1.165, 1.54) is 16.5 Å². The number of carbonyl (C=O) groups excluding carboxylic acids is 1. The van der Waals surface area contributed by atoms with Crippen LogP contribution in [0.1, 0.15) is 12.0 Å². The molecule has 0 fully saturated rings. The van der Waals surface area contributed by atoms with Gasteiger partial charge in [0.1, 0.15) is 6.42 Å². The number of carbonyl (C=O) groups is 1. The molecule has 1 aromatic carbocycles. The van der Waals surface area contributed by atoms with Crippen LogP contribution in [-0.4, -0.2) is 29.0 Å². The Hall–Kier alpha value is -2.28. The maximum Gasteiger partial charge on any atom is 0.236 e. The zero-order valence-electron chi connectivity index (χ0n) is 11.3. The summed E-state index contributed by atoms with van der Waals surface area (Å²) >= 11 is 0. The normalized spacial score (nSPS) is 10.4. The van der Waals surface area contributed by atoms with Gasteiger partial charge in [-0.3, -0.25) is 4.79 Å². The molecule has 1 amide bonds. The van der Waals surface area contributed by atoms with E-state index in [1.54, 1.807) is 11.9 Å². The number of amides is 1. The molecule has 2 rings (SSSR count). The fourth-order valence-corrected chi connectivity index (χ4v) is 2.24. The number of aromatic nitrogens is 1. The predicted molar refractivity (Wildman–Crippen MR) is 74.5 cm³/mol. The number of benzene rings is 1. The number of nitriles is 1. The number of hydrogen-bond donors (Lipinski definition) is 0. The second-order valence-corrected chi connectivity index (χ2v) is 4.68. The summed E-state index contributed by atoms with van der Waals surface area (Å²) in [5.41, 5.74) is 2.43. The first-order chi connectivity index (χ1) is 9.13. The first kappa shape index (κ1) is 13.2. The van der Waals surface area contributed by atoms with Crippen molar-refractivity contribution in [2.75, 3.05) is 13.6 Å². The molecular weight excluding hydrogens is 238 g/mol. The topological polar surface area (TPSA) is 49.0 Å². The van der Waals surface area contributed by atoms with Crippen molar-refractivity contribution in [2.24, 2.45) is 7.05 Å². The van der Waals surface area contributed by atoms with E-state index in [4.69, 9.17) is 5.26 Å². The van der Waals surface area contributed by atoms with Gasteiger partial charge in [-0.25, -0.2) is 0 Å². The highest BCUT2D eigenvalue weighted by Crippen LogP contribution is 2.20. The van der Waals surface area contributed by atoms with Crippen molar-refractivity contribution in [1.29, 1.82) is 5.26 Å². The monoisotopic (exact) mass is 255 g/mol. The minimum absolute atomic E-state index is 0.0496. The lowest BCUT2D eigenvalue weighted by Crippen LogP contribution is -2.28. The maximum atomic E-state index is 11.5. The van der Waals surface area contributed by atoms with E-state index < -0.39 is 0 Å². The summed E-state index contributed by atoms with van der Waals surface area (Å²) in [6.07, 6.45) is 2.86. The molecule has 1 heterocycles. The van der Waals surface area contributed by atoms with E-state index >= 15 is 0 Å². The van der Waals surface area contributed by atoms with Gasteiger partial charge in [0.25, 0.3) is 0 Å². The van der Waals surface area contributed by atoms with Gasteiger partial charge in [-0.15, -0.1) is 0 Å². The summed E-state index contributed by atoms with van der Waals surface area (Å²) in [5, 5.41) is 9.74. The summed E-state index contributed by atoms with van der Waals surface area (Å²) in [7, 11) is 3.77. The molecule has 0 saturated carbocycles. The van der Waals surface area contributed by atoms with Crippen LogP contribution in [0.4, 0.5) is 0 Å². The van der Waals surface area contributed by atoms with Crippen LogP contribution >= 0.6 is 0 Å². The minimum atomic E-state index is -0.122. The van der Waals surface area contributed by atoms with Gasteiger partial charge in [-0.2, -0.15) is 5.26 Å². The van der Waals surface area contributed by atoms with Crippen LogP contribution in [0.3, 0.4) is 0 Å². The Bertz CT molecular complexity index is 636. The molecule has 0 unspecified atom stereocenters. The van der Waals surface area contributed by atoms with Crippen molar-refractivity contribution in [2.45, 2.75) is 12.8 Å². The van der Waals surface area contributed by atoms with E-state index in [2.05, 4.69) is 22.9 Å². The Labute approximate surface area is 112 Å². The van der Waals surface area contributed by atoms with Gasteiger partial charge in [0.2, 0.25) is 5.91 Å². The van der Waals surface area contributed by atoms with Gasteiger partial charge >= 0.3 is 0 Å². The Morgan fingerprint density at radius 1 is 1.42 bits per heavy atom. The van der Waals surface area contributed by atoms with Crippen molar-refractivity contribution < 1.29 is 4.79 Å². The fourth-order valence-electron chi connectivity index (χ4n) is 2.24. The van der Waals surface area contributed by atoms with Crippen LogP contribution < -0.4 is 0 Å². The highest BCUT2D eigenvalue weighted by molar-refractivity contribution is 5.84. The van der Waals surface area contributed by atoms with Gasteiger partial charge in [0.05, 0.1) is 6.07 Å². The average Bonchev–Trinajstić information content (AvgIpc) is 2.74. The number of fused-ring (bicyclic) bond motifs is 1. The summed E-state index contributed by atoms with van der Waals surface area (Å²) < 4.78 is 2.10. The number of aryl methyl sites for hydroxylation is 1. The second kappa shape index (κ2) is 5.57. The van der Waals surface area contributed by atoms with E-state index in [-0.39, 0.29) is 12.3 Å². The first-order valence-electron chi connectivity index (χ1n) is 6.27. The quantitative estimate of drug-likeness (QED) is 0.840. The van der Waals surface area contributed by atoms with Crippen LogP contribution in [-0.2, 0) is 18.3 Å². The molecule has 4 heteroatoms. The molecular formula is C15H17N3O. The van der Waals surface area contributed by atoms with Gasteiger partial charge < -0.3 is 9.47 Å². The molecule has 1 aromatic heterocycles. The molecule has 2 aromatic rings. The molecule has 0 aliphatic carbocycles. The standard InChI is InChI=1S/C15H17N3O/c1-17(15(19)7-9-16)10-8-12-11-18(2)14-6-4-3-5-13(12)14/h3-6,11H,7-8,10H2,1-2H3. The molecule has 0 bridgehead atoms. The average molecular weight is 255 g/mol. The summed E-state index contributed by atoms with van der Waals surface area (Å²) in [6, 6.07) is 10.1. The Kier molecular flexibility index (Phi) is 3.86. The minimum Gasteiger partial charge on any atom is -0.350 e. The number of rotatable bonds is 4. The molecule has 0 spiro atoms. The smallest absolute Gasteiger partial charge is 0.236 e. The molecule has 0 N–H and O–H groups in total. The van der Waals surface area contributed by atoms with Gasteiger partial charge in [0, 0.05) is 37.7 Å². The van der Waals surface area contributed by atoms with E-state index in [9.17, 15) is 4.79 Å². The van der Waals surface area contributed by atoms with E-state index in [1.807, 2.05) is 25.2 Å². The number of likely N-dealkylation sites (N-methyl/N-ethyl adjacent to an activating group) is 1. The lowest BCUT2D eigenvalue weighted by atomic mass is 10.1. The Morgan fingerprint density at radius 3 is 2.89 bits per heavy atom. The SMILES string of the molecule is CN(CCc1cn(C)c2ccccc12)C(=O)CC#N. The number of para-hydroxylation sites is 1. The third kappa shape index (κ3) is 2.76. The lowest BCUT2D eigenvalue weighted by Gasteiger charge is -2.14. The van der Waals surface area contributed by atoms with E-state index in [0.29, 0.717) is 6.54 Å². The molecule has 0 radical (unpaired) electrons. The zero-order valence-corrected chi connectivity index (χ0v) is 11.3. The second-order valence-electron chi connectivity index (χ2n) is 4.68. The highest BCUT2D eigenvalue weighted by Gasteiger charge is 2.10. The van der Waals surface area contributed by atoms with Gasteiger partial charge in [-0.05, 0) is 18.1 Å². The fraction of sp³-hybridized carbons (Fsp3) is 0.333. The highest BCUT2D eigenvalue weighted by atomic mass is 16.2. The lowest BCUT2D eigenvalue weighted by molar-refractivity contribution is -0.128. The van der Waals surface area contributed by atoms with Crippen LogP contribution in [0, 0.1) is 11.3 Å². The number of nitrogens with zero attached hydrogens (tertiary/aromatic N) is 3. The van der Waals surface area contributed by atoms with Crippen LogP contribution in [0.2, 0.25) is 0 Å². The van der Waals surface area contributed by atoms with Crippen molar-refractivity contribution >= 4 is 16.8 Å². The predicted octanol–water partition coefficient (Wildman–Crippen LogP) is 2.09. The summed E-state index contributed by atoms with van der Waals surface area (Å²) in [4.78, 5) is 13.1. The molecule has 0 aliphatic rings. The van der Waals surface area contributed by atoms with Crippen LogP contribution in [0.15, 0.2) is 30.5 Å². The van der Waals surface area contributed by atoms with Crippen LogP contribution in [0.25, 0.3) is 10.9 Å². The molecule has 4 nitrogen and oxygen atoms in total. The Morgan fingerprint density at radius 2 is 2.16 bits per heavy atom. The molecule has 0 aliphatic heterocycles. The largest absolute Gasteiger partial charge is 0.350 e. The number of hydrogen-bond acceptors (Lipinski definition) is 2. The molecule has 19 heavy (non-hydrogen) atoms. The van der Waals surface area contributed by atoms with Crippen LogP contribution in [0.5, 0.6) is 0 Å². The molecule has 98 valence electrons. The van der Waals surface area contributed by atoms with Crippen molar-refractivity contribution in [3.8, 4) is 6.07 Å². The van der Waals surface area contributed by atoms with Gasteiger partial charge in [0.15, 0.2) is 0 Å². The summed E-state index contributed by atoms with van der Waals surface area (Å²) in [5.74, 6) is -0.122. The third-order valence-corrected chi connectivity index (χ3v) is 3.35. The Balaban J connectivity index is 2.10. The summed E-state index contributed by atoms with van der Waals surface area (Å²) in [6.45, 7) is 0.633. The molecule has 0 atom stereocenters. The molecule has 0 saturated heterocycles. The van der Waals surface area contributed by atoms with Crippen molar-refractivity contribution in [3.63, 3.8) is 0 Å². The van der Waals surface area contributed by atoms with Gasteiger partial charge in [-0.1, -0.05) is 18.2 Å². The maximum absolute atomic E-state index is 11.5. The van der Waals surface area contributed by atoms with E-state index in [0.717, 1.165) is 6.42 Å². The van der Waals surface area contributed by atoms with Crippen molar-refractivity contribution in [3.05, 3.63) is 36.0 Å². The third-order valence-electron chi connectivity index (χ3n) is 3.35. The van der Waals surface area contributed by atoms with Crippen molar-refractivity contribution in [1.82, 2.24) is 9.47 Å².